The fourth-order valence-electron chi connectivity index (χ4n) is 1.19. The van der Waals surface area contributed by atoms with E-state index in [1.165, 1.54) is 12.4 Å². The van der Waals surface area contributed by atoms with Crippen molar-refractivity contribution < 1.29 is 8.42 Å². The Morgan fingerprint density at radius 3 is 2.53 bits per heavy atom. The van der Waals surface area contributed by atoms with E-state index in [-0.39, 0.29) is 16.9 Å². The first-order valence-corrected chi connectivity index (χ1v) is 7.96. The average Bonchev–Trinajstić information content (AvgIpc) is 2.28. The summed E-state index contributed by atoms with van der Waals surface area (Å²) in [6.45, 7) is 1.93. The molecule has 1 aromatic heterocycles. The van der Waals surface area contributed by atoms with Crippen molar-refractivity contribution in [2.24, 2.45) is 0 Å². The molecule has 1 unspecified atom stereocenters. The first kappa shape index (κ1) is 14.2. The molecule has 1 rings (SSSR count). The third-order valence-corrected chi connectivity index (χ3v) is 4.35. The van der Waals surface area contributed by atoms with Gasteiger partial charge in [-0.2, -0.15) is 11.8 Å². The van der Waals surface area contributed by atoms with Gasteiger partial charge in [0.15, 0.2) is 0 Å². The molecule has 0 fully saturated rings. The van der Waals surface area contributed by atoms with Gasteiger partial charge < -0.3 is 5.73 Å². The molecule has 0 radical (unpaired) electrons. The highest BCUT2D eigenvalue weighted by molar-refractivity contribution is 7.98. The second-order valence-electron chi connectivity index (χ2n) is 3.46. The second-order valence-corrected chi connectivity index (χ2v) is 6.08. The molecule has 0 aliphatic carbocycles. The molecular weight excluding hydrogens is 260 g/mol. The Hall–Kier alpha value is -0.860. The van der Waals surface area contributed by atoms with Gasteiger partial charge in [0.25, 0.3) is 0 Å². The highest BCUT2D eigenvalue weighted by Crippen LogP contribution is 2.09. The molecule has 0 aromatic carbocycles. The summed E-state index contributed by atoms with van der Waals surface area (Å²) < 4.78 is 26.5. The minimum atomic E-state index is -3.55. The van der Waals surface area contributed by atoms with E-state index < -0.39 is 10.0 Å². The second kappa shape index (κ2) is 6.18. The molecule has 96 valence electrons. The zero-order valence-corrected chi connectivity index (χ0v) is 11.4. The Kier molecular flexibility index (Phi) is 5.16. The zero-order valence-electron chi connectivity index (χ0n) is 9.75. The third-order valence-electron chi connectivity index (χ3n) is 2.14. The predicted molar refractivity (Wildman–Crippen MR) is 69.2 cm³/mol. The fourth-order valence-corrected chi connectivity index (χ4v) is 3.22. The SMILES string of the molecule is CCC(CSC)NS(=O)(=O)c1cnc(N)nc1. The Balaban J connectivity index is 2.84. The van der Waals surface area contributed by atoms with Crippen molar-refractivity contribution in [3.05, 3.63) is 12.4 Å². The van der Waals surface area contributed by atoms with Crippen LogP contribution in [0.3, 0.4) is 0 Å². The van der Waals surface area contributed by atoms with E-state index in [1.807, 2.05) is 13.2 Å². The summed E-state index contributed by atoms with van der Waals surface area (Å²) in [6.07, 6.45) is 5.08. The Morgan fingerprint density at radius 2 is 2.06 bits per heavy atom. The molecule has 1 atom stereocenters. The molecule has 1 heterocycles. The topological polar surface area (TPSA) is 98.0 Å². The van der Waals surface area contributed by atoms with Gasteiger partial charge in [0.2, 0.25) is 16.0 Å². The summed E-state index contributed by atoms with van der Waals surface area (Å²) in [6, 6.07) is -0.0902. The van der Waals surface area contributed by atoms with Crippen molar-refractivity contribution in [1.82, 2.24) is 14.7 Å². The normalized spacial score (nSPS) is 13.5. The monoisotopic (exact) mass is 276 g/mol. The summed E-state index contributed by atoms with van der Waals surface area (Å²) in [4.78, 5) is 7.37. The number of nitrogens with two attached hydrogens (primary N) is 1. The van der Waals surface area contributed by atoms with Crippen molar-refractivity contribution >= 4 is 27.7 Å². The molecule has 17 heavy (non-hydrogen) atoms. The highest BCUT2D eigenvalue weighted by Gasteiger charge is 2.19. The van der Waals surface area contributed by atoms with Crippen LogP contribution < -0.4 is 10.5 Å². The van der Waals surface area contributed by atoms with Gasteiger partial charge in [-0.3, -0.25) is 0 Å². The highest BCUT2D eigenvalue weighted by atomic mass is 32.2. The van der Waals surface area contributed by atoms with Crippen LogP contribution in [0.4, 0.5) is 5.95 Å². The van der Waals surface area contributed by atoms with Gasteiger partial charge >= 0.3 is 0 Å². The average molecular weight is 276 g/mol. The Bertz CT molecular complexity index is 447. The first-order chi connectivity index (χ1) is 7.99. The van der Waals surface area contributed by atoms with Crippen LogP contribution in [0.2, 0.25) is 0 Å². The number of thioether (sulfide) groups is 1. The molecule has 0 saturated carbocycles. The maximum absolute atomic E-state index is 11.9. The summed E-state index contributed by atoms with van der Waals surface area (Å²) in [7, 11) is -3.55. The molecule has 0 amide bonds. The minimum Gasteiger partial charge on any atom is -0.368 e. The van der Waals surface area contributed by atoms with E-state index in [0.29, 0.717) is 0 Å². The maximum Gasteiger partial charge on any atom is 0.243 e. The van der Waals surface area contributed by atoms with Crippen LogP contribution in [-0.4, -0.2) is 36.4 Å². The number of hydrogen-bond acceptors (Lipinski definition) is 6. The van der Waals surface area contributed by atoms with Crippen LogP contribution in [0.25, 0.3) is 0 Å². The fraction of sp³-hybridized carbons (Fsp3) is 0.556. The maximum atomic E-state index is 11.9. The van der Waals surface area contributed by atoms with Crippen molar-refractivity contribution in [1.29, 1.82) is 0 Å². The van der Waals surface area contributed by atoms with Crippen molar-refractivity contribution in [2.75, 3.05) is 17.7 Å². The molecule has 0 aliphatic heterocycles. The van der Waals surface area contributed by atoms with E-state index in [0.717, 1.165) is 12.2 Å². The molecule has 1 aromatic rings. The summed E-state index contributed by atoms with van der Waals surface area (Å²) >= 11 is 1.59. The third kappa shape index (κ3) is 4.14. The van der Waals surface area contributed by atoms with E-state index in [1.54, 1.807) is 11.8 Å². The smallest absolute Gasteiger partial charge is 0.243 e. The Labute approximate surface area is 105 Å². The lowest BCUT2D eigenvalue weighted by Gasteiger charge is -2.15. The lowest BCUT2D eigenvalue weighted by Crippen LogP contribution is -2.36. The van der Waals surface area contributed by atoms with Gasteiger partial charge in [-0.1, -0.05) is 6.92 Å². The van der Waals surface area contributed by atoms with Crippen molar-refractivity contribution in [3.8, 4) is 0 Å². The number of sulfonamides is 1. The van der Waals surface area contributed by atoms with Crippen LogP contribution in [-0.2, 0) is 10.0 Å². The minimum absolute atomic E-state index is 0.0336. The number of hydrogen-bond donors (Lipinski definition) is 2. The number of rotatable bonds is 6. The largest absolute Gasteiger partial charge is 0.368 e. The number of nitrogens with one attached hydrogen (secondary N) is 1. The van der Waals surface area contributed by atoms with Gasteiger partial charge in [0.05, 0.1) is 12.4 Å². The predicted octanol–water partition coefficient (Wildman–Crippen LogP) is 0.479. The van der Waals surface area contributed by atoms with Crippen LogP contribution in [0, 0.1) is 0 Å². The van der Waals surface area contributed by atoms with E-state index >= 15 is 0 Å². The zero-order chi connectivity index (χ0) is 12.9. The van der Waals surface area contributed by atoms with Gasteiger partial charge in [0, 0.05) is 11.8 Å². The molecule has 6 nitrogen and oxygen atoms in total. The van der Waals surface area contributed by atoms with Gasteiger partial charge in [-0.15, -0.1) is 0 Å². The lowest BCUT2D eigenvalue weighted by molar-refractivity contribution is 0.557. The number of nitrogen functional groups attached to an aromatic ring is 1. The van der Waals surface area contributed by atoms with E-state index in [4.69, 9.17) is 5.73 Å². The summed E-state index contributed by atoms with van der Waals surface area (Å²) in [5.41, 5.74) is 5.30. The molecule has 3 N–H and O–H groups in total. The first-order valence-electron chi connectivity index (χ1n) is 5.08. The summed E-state index contributed by atoms with van der Waals surface area (Å²) in [5, 5.41) is 0. The van der Waals surface area contributed by atoms with Crippen molar-refractivity contribution in [3.63, 3.8) is 0 Å². The molecule has 0 spiro atoms. The Morgan fingerprint density at radius 1 is 1.47 bits per heavy atom. The molecule has 0 bridgehead atoms. The van der Waals surface area contributed by atoms with E-state index in [9.17, 15) is 8.42 Å². The van der Waals surface area contributed by atoms with Crippen molar-refractivity contribution in [2.45, 2.75) is 24.3 Å². The lowest BCUT2D eigenvalue weighted by atomic mass is 10.3. The van der Waals surface area contributed by atoms with Crippen LogP contribution in [0.15, 0.2) is 17.3 Å². The molecule has 8 heteroatoms. The number of anilines is 1. The van der Waals surface area contributed by atoms with Gasteiger partial charge in [-0.05, 0) is 12.7 Å². The van der Waals surface area contributed by atoms with Gasteiger partial charge in [-0.25, -0.2) is 23.1 Å². The quantitative estimate of drug-likeness (QED) is 0.784. The summed E-state index contributed by atoms with van der Waals surface area (Å²) in [5.74, 6) is 0.783. The van der Waals surface area contributed by atoms with Crippen LogP contribution in [0.5, 0.6) is 0 Å². The van der Waals surface area contributed by atoms with Crippen LogP contribution in [0.1, 0.15) is 13.3 Å². The van der Waals surface area contributed by atoms with Gasteiger partial charge in [0.1, 0.15) is 4.90 Å². The molecule has 0 aliphatic rings. The number of aromatic nitrogens is 2. The van der Waals surface area contributed by atoms with Crippen LogP contribution >= 0.6 is 11.8 Å². The standard InChI is InChI=1S/C9H16N4O2S2/c1-3-7(6-16-2)13-17(14,15)8-4-11-9(10)12-5-8/h4-5,7,13H,3,6H2,1-2H3,(H2,10,11,12). The number of nitrogens with zero attached hydrogens (tertiary/aromatic N) is 2. The molecule has 0 saturated heterocycles. The molecular formula is C9H16N4O2S2. The van der Waals surface area contributed by atoms with E-state index in [2.05, 4.69) is 14.7 Å².